The van der Waals surface area contributed by atoms with Crippen LogP contribution in [0.3, 0.4) is 0 Å². The van der Waals surface area contributed by atoms with Crippen LogP contribution in [-0.4, -0.2) is 37.2 Å². The zero-order valence-corrected chi connectivity index (χ0v) is 43.8. The summed E-state index contributed by atoms with van der Waals surface area (Å²) < 4.78 is 16.8. The maximum absolute atomic E-state index is 12.8. The summed E-state index contributed by atoms with van der Waals surface area (Å²) >= 11 is 0. The van der Waals surface area contributed by atoms with E-state index in [1.807, 2.05) is 0 Å². The van der Waals surface area contributed by atoms with Crippen molar-refractivity contribution in [3.05, 3.63) is 122 Å². The molecule has 68 heavy (non-hydrogen) atoms. The first-order valence-corrected chi connectivity index (χ1v) is 27.5. The summed E-state index contributed by atoms with van der Waals surface area (Å²) in [4.78, 5) is 38.1. The molecule has 0 unspecified atom stereocenters. The van der Waals surface area contributed by atoms with Crippen LogP contribution in [0.25, 0.3) is 0 Å². The van der Waals surface area contributed by atoms with Gasteiger partial charge < -0.3 is 14.2 Å². The van der Waals surface area contributed by atoms with E-state index in [4.69, 9.17) is 14.2 Å². The minimum absolute atomic E-state index is 0.109. The third-order valence-electron chi connectivity index (χ3n) is 11.2. The van der Waals surface area contributed by atoms with Gasteiger partial charge in [0.25, 0.3) is 0 Å². The predicted molar refractivity (Wildman–Crippen MR) is 293 cm³/mol. The predicted octanol–water partition coefficient (Wildman–Crippen LogP) is 18.5. The fourth-order valence-electron chi connectivity index (χ4n) is 7.03. The lowest BCUT2D eigenvalue weighted by molar-refractivity contribution is -0.167. The van der Waals surface area contributed by atoms with E-state index >= 15 is 0 Å². The first-order chi connectivity index (χ1) is 33.5. The molecule has 0 N–H and O–H groups in total. The second-order valence-electron chi connectivity index (χ2n) is 17.7. The summed E-state index contributed by atoms with van der Waals surface area (Å²) in [7, 11) is 0. The summed E-state index contributed by atoms with van der Waals surface area (Å²) in [6.45, 7) is 6.40. The number of esters is 3. The first-order valence-electron chi connectivity index (χ1n) is 27.5. The van der Waals surface area contributed by atoms with Gasteiger partial charge in [0.15, 0.2) is 6.10 Å². The van der Waals surface area contributed by atoms with Crippen molar-refractivity contribution in [2.24, 2.45) is 0 Å². The average molecular weight is 941 g/mol. The maximum Gasteiger partial charge on any atom is 0.306 e. The van der Waals surface area contributed by atoms with Gasteiger partial charge in [-0.2, -0.15) is 0 Å². The Balaban J connectivity index is 4.53. The molecule has 0 aliphatic carbocycles. The number of carbonyl (C=O) groups is 3. The molecule has 0 fully saturated rings. The Morgan fingerprint density at radius 3 is 0.926 bits per heavy atom. The van der Waals surface area contributed by atoms with Gasteiger partial charge in [0.1, 0.15) is 13.2 Å². The van der Waals surface area contributed by atoms with Crippen molar-refractivity contribution < 1.29 is 28.6 Å². The highest BCUT2D eigenvalue weighted by atomic mass is 16.6. The average Bonchev–Trinajstić information content (AvgIpc) is 3.34. The highest BCUT2D eigenvalue weighted by Gasteiger charge is 2.19. The van der Waals surface area contributed by atoms with Crippen molar-refractivity contribution in [3.8, 4) is 0 Å². The van der Waals surface area contributed by atoms with Gasteiger partial charge in [-0.25, -0.2) is 0 Å². The van der Waals surface area contributed by atoms with Crippen LogP contribution < -0.4 is 0 Å². The molecular weight excluding hydrogens is 841 g/mol. The van der Waals surface area contributed by atoms with E-state index < -0.39 is 6.10 Å². The highest BCUT2D eigenvalue weighted by Crippen LogP contribution is 2.12. The number of allylic oxidation sites excluding steroid dienone is 20. The molecule has 0 heterocycles. The van der Waals surface area contributed by atoms with E-state index in [-0.39, 0.29) is 37.5 Å². The molecule has 1 atom stereocenters. The van der Waals surface area contributed by atoms with Gasteiger partial charge in [-0.1, -0.05) is 200 Å². The molecule has 0 aromatic rings. The Morgan fingerprint density at radius 2 is 0.574 bits per heavy atom. The number of carbonyl (C=O) groups excluding carboxylic acids is 3. The summed E-state index contributed by atoms with van der Waals surface area (Å²) in [5.74, 6) is -0.988. The van der Waals surface area contributed by atoms with Gasteiger partial charge in [-0.05, 0) is 135 Å². The zero-order chi connectivity index (χ0) is 49.3. The van der Waals surface area contributed by atoms with Crippen molar-refractivity contribution in [1.29, 1.82) is 0 Å². The summed E-state index contributed by atoms with van der Waals surface area (Å²) in [5, 5.41) is 0. The molecule has 0 aromatic carbocycles. The van der Waals surface area contributed by atoms with Gasteiger partial charge in [-0.3, -0.25) is 14.4 Å². The SMILES string of the molecule is CC/C=C\C/C=C\C/C=C\C/C=C\C/C=C\CCCCCC(=O)OC[C@@H](COC(=O)CCCCCCC/C=C\CCCCC)OC(=O)CCCCC/C=C\C/C=C\C/C=C\C/C=C\CCCCC. The summed E-state index contributed by atoms with van der Waals surface area (Å²) in [5.41, 5.74) is 0. The largest absolute Gasteiger partial charge is 0.462 e. The van der Waals surface area contributed by atoms with Crippen molar-refractivity contribution in [2.45, 2.75) is 239 Å². The molecule has 0 aliphatic heterocycles. The zero-order valence-electron chi connectivity index (χ0n) is 43.8. The highest BCUT2D eigenvalue weighted by molar-refractivity contribution is 5.71. The van der Waals surface area contributed by atoms with E-state index in [1.54, 1.807) is 0 Å². The number of unbranched alkanes of at least 4 members (excludes halogenated alkanes) is 17. The van der Waals surface area contributed by atoms with E-state index in [2.05, 4.69) is 142 Å². The molecule has 0 saturated carbocycles. The summed E-state index contributed by atoms with van der Waals surface area (Å²) in [6, 6.07) is 0. The van der Waals surface area contributed by atoms with Gasteiger partial charge in [0.2, 0.25) is 0 Å². The standard InChI is InChI=1S/C62H100O6/c1-4-7-10-13-16-19-22-25-27-29-31-33-35-37-40-43-46-49-52-55-61(64)67-58-59(57-66-60(63)54-51-48-45-42-39-24-21-18-15-12-9-6-3)68-62(65)56-53-50-47-44-41-38-36-34-32-30-28-26-23-20-17-14-11-8-5-2/h7,10,16-21,25-28,31-34,37-38,40-41,59H,4-6,8-9,11-15,22-24,29-30,35-36,39,42-58H2,1-3H3/b10-7-,19-16-,20-17-,21-18-,27-25-,28-26-,33-31-,34-32-,40-37-,41-38-/t59-/m1/s1. The molecule has 6 heteroatoms. The van der Waals surface area contributed by atoms with Crippen LogP contribution in [0.1, 0.15) is 233 Å². The molecule has 0 rings (SSSR count). The third kappa shape index (κ3) is 52.8. The van der Waals surface area contributed by atoms with Gasteiger partial charge in [0.05, 0.1) is 0 Å². The van der Waals surface area contributed by atoms with Gasteiger partial charge >= 0.3 is 17.9 Å². The lowest BCUT2D eigenvalue weighted by Crippen LogP contribution is -2.30. The molecule has 0 spiro atoms. The van der Waals surface area contributed by atoms with Crippen LogP contribution in [0.4, 0.5) is 0 Å². The van der Waals surface area contributed by atoms with Crippen LogP contribution >= 0.6 is 0 Å². The van der Waals surface area contributed by atoms with Gasteiger partial charge in [-0.15, -0.1) is 0 Å². The van der Waals surface area contributed by atoms with E-state index in [1.165, 1.54) is 57.8 Å². The number of hydrogen-bond donors (Lipinski definition) is 0. The first kappa shape index (κ1) is 63.8. The van der Waals surface area contributed by atoms with Gasteiger partial charge in [0, 0.05) is 19.3 Å². The van der Waals surface area contributed by atoms with Crippen LogP contribution in [0, 0.1) is 0 Å². The van der Waals surface area contributed by atoms with Crippen molar-refractivity contribution in [1.82, 2.24) is 0 Å². The molecular formula is C62H100O6. The molecule has 0 aliphatic rings. The minimum atomic E-state index is -0.815. The van der Waals surface area contributed by atoms with E-state index in [9.17, 15) is 14.4 Å². The molecule has 384 valence electrons. The molecule has 0 radical (unpaired) electrons. The van der Waals surface area contributed by atoms with Crippen LogP contribution in [-0.2, 0) is 28.6 Å². The molecule has 0 aromatic heterocycles. The Kier molecular flexibility index (Phi) is 52.0. The van der Waals surface area contributed by atoms with Crippen LogP contribution in [0.2, 0.25) is 0 Å². The molecule has 0 amide bonds. The second kappa shape index (κ2) is 55.4. The maximum atomic E-state index is 12.8. The summed E-state index contributed by atoms with van der Waals surface area (Å²) in [6.07, 6.45) is 76.1. The fraction of sp³-hybridized carbons (Fsp3) is 0.629. The molecule has 6 nitrogen and oxygen atoms in total. The lowest BCUT2D eigenvalue weighted by Gasteiger charge is -2.18. The van der Waals surface area contributed by atoms with Crippen molar-refractivity contribution in [2.75, 3.05) is 13.2 Å². The monoisotopic (exact) mass is 941 g/mol. The number of rotatable bonds is 48. The normalized spacial score (nSPS) is 13.0. The topological polar surface area (TPSA) is 78.9 Å². The molecule has 0 saturated heterocycles. The van der Waals surface area contributed by atoms with Crippen molar-refractivity contribution in [3.63, 3.8) is 0 Å². The fourth-order valence-corrected chi connectivity index (χ4v) is 7.03. The third-order valence-corrected chi connectivity index (χ3v) is 11.2. The minimum Gasteiger partial charge on any atom is -0.462 e. The molecule has 0 bridgehead atoms. The quantitative estimate of drug-likeness (QED) is 0.0262. The van der Waals surface area contributed by atoms with Crippen LogP contribution in [0.15, 0.2) is 122 Å². The number of ether oxygens (including phenoxy) is 3. The van der Waals surface area contributed by atoms with Crippen molar-refractivity contribution >= 4 is 17.9 Å². The second-order valence-corrected chi connectivity index (χ2v) is 17.7. The lowest BCUT2D eigenvalue weighted by atomic mass is 10.1. The Bertz CT molecular complexity index is 1450. The Hall–Kier alpha value is -4.19. The Morgan fingerprint density at radius 1 is 0.309 bits per heavy atom. The van der Waals surface area contributed by atoms with Crippen LogP contribution in [0.5, 0.6) is 0 Å². The Labute approximate surface area is 418 Å². The van der Waals surface area contributed by atoms with E-state index in [0.717, 1.165) is 128 Å². The smallest absolute Gasteiger partial charge is 0.306 e. The van der Waals surface area contributed by atoms with E-state index in [0.29, 0.717) is 19.3 Å². The number of hydrogen-bond acceptors (Lipinski definition) is 6.